The van der Waals surface area contributed by atoms with E-state index in [0.29, 0.717) is 4.31 Å². The summed E-state index contributed by atoms with van der Waals surface area (Å²) in [5, 5.41) is 0. The Labute approximate surface area is 130 Å². The molecule has 1 rings (SSSR count). The lowest BCUT2D eigenvalue weighted by atomic mass is 10.4. The SMILES string of the molecule is CCOP(=O)(CN(C(C)=O)S(=O)(=O)c1ccccc1)OCC. The highest BCUT2D eigenvalue weighted by Gasteiger charge is 2.36. The molecule has 0 aliphatic heterocycles. The molecule has 1 aromatic carbocycles. The van der Waals surface area contributed by atoms with Crippen molar-refractivity contribution < 1.29 is 26.8 Å². The van der Waals surface area contributed by atoms with Gasteiger partial charge in [-0.3, -0.25) is 9.36 Å². The third-order valence-corrected chi connectivity index (χ3v) is 6.59. The maximum atomic E-state index is 12.5. The molecule has 0 aromatic heterocycles. The van der Waals surface area contributed by atoms with Gasteiger partial charge in [-0.05, 0) is 26.0 Å². The highest BCUT2D eigenvalue weighted by atomic mass is 32.2. The number of carbonyl (C=O) groups is 1. The van der Waals surface area contributed by atoms with Crippen LogP contribution < -0.4 is 0 Å². The van der Waals surface area contributed by atoms with Gasteiger partial charge in [0.15, 0.2) is 0 Å². The Balaban J connectivity index is 3.19. The van der Waals surface area contributed by atoms with E-state index in [4.69, 9.17) is 9.05 Å². The maximum Gasteiger partial charge on any atom is 0.351 e. The van der Waals surface area contributed by atoms with E-state index in [2.05, 4.69) is 0 Å². The van der Waals surface area contributed by atoms with Crippen LogP contribution >= 0.6 is 7.60 Å². The average Bonchev–Trinajstić information content (AvgIpc) is 2.46. The maximum absolute atomic E-state index is 12.5. The van der Waals surface area contributed by atoms with Gasteiger partial charge < -0.3 is 9.05 Å². The molecular weight excluding hydrogens is 329 g/mol. The molecule has 22 heavy (non-hydrogen) atoms. The van der Waals surface area contributed by atoms with Crippen LogP contribution in [-0.2, 0) is 28.4 Å². The van der Waals surface area contributed by atoms with Crippen molar-refractivity contribution in [2.24, 2.45) is 0 Å². The summed E-state index contributed by atoms with van der Waals surface area (Å²) < 4.78 is 48.2. The first-order chi connectivity index (χ1) is 10.3. The van der Waals surface area contributed by atoms with E-state index >= 15 is 0 Å². The lowest BCUT2D eigenvalue weighted by Gasteiger charge is -2.25. The van der Waals surface area contributed by atoms with E-state index in [1.54, 1.807) is 19.9 Å². The second-order valence-electron chi connectivity index (χ2n) is 4.27. The number of rotatable bonds is 8. The van der Waals surface area contributed by atoms with Gasteiger partial charge >= 0.3 is 7.60 Å². The van der Waals surface area contributed by atoms with Gasteiger partial charge in [-0.2, -0.15) is 0 Å². The molecule has 0 fully saturated rings. The monoisotopic (exact) mass is 349 g/mol. The van der Waals surface area contributed by atoms with E-state index in [1.165, 1.54) is 24.3 Å². The minimum absolute atomic E-state index is 0.0650. The smallest absolute Gasteiger partial charge is 0.308 e. The van der Waals surface area contributed by atoms with Crippen molar-refractivity contribution in [3.05, 3.63) is 30.3 Å². The Morgan fingerprint density at radius 1 is 1.14 bits per heavy atom. The Kier molecular flexibility index (Phi) is 6.74. The summed E-state index contributed by atoms with van der Waals surface area (Å²) in [6.07, 6.45) is -0.652. The van der Waals surface area contributed by atoms with Crippen molar-refractivity contribution in [2.45, 2.75) is 25.7 Å². The van der Waals surface area contributed by atoms with Gasteiger partial charge in [-0.15, -0.1) is 0 Å². The summed E-state index contributed by atoms with van der Waals surface area (Å²) in [5.74, 6) is -0.761. The van der Waals surface area contributed by atoms with E-state index in [0.717, 1.165) is 6.92 Å². The topological polar surface area (TPSA) is 90.0 Å². The predicted octanol–water partition coefficient (Wildman–Crippen LogP) is 2.45. The molecule has 1 amide bonds. The largest absolute Gasteiger partial charge is 0.351 e. The fourth-order valence-electron chi connectivity index (χ4n) is 1.73. The molecule has 0 atom stereocenters. The van der Waals surface area contributed by atoms with Crippen molar-refractivity contribution in [3.63, 3.8) is 0 Å². The highest BCUT2D eigenvalue weighted by Crippen LogP contribution is 2.49. The lowest BCUT2D eigenvalue weighted by Crippen LogP contribution is -2.36. The standard InChI is InChI=1S/C13H20NO6PS/c1-4-19-21(16,20-5-2)11-14(12(3)15)22(17,18)13-9-7-6-8-10-13/h6-10H,4-5,11H2,1-3H3. The van der Waals surface area contributed by atoms with Crippen molar-refractivity contribution >= 4 is 23.5 Å². The molecule has 0 heterocycles. The van der Waals surface area contributed by atoms with Crippen LogP contribution in [0.25, 0.3) is 0 Å². The first kappa shape index (κ1) is 18.8. The number of sulfonamides is 1. The van der Waals surface area contributed by atoms with Crippen molar-refractivity contribution in [1.82, 2.24) is 4.31 Å². The minimum Gasteiger partial charge on any atom is -0.308 e. The molecule has 0 aliphatic carbocycles. The summed E-state index contributed by atoms with van der Waals surface area (Å²) in [6, 6.07) is 7.45. The third-order valence-electron chi connectivity index (χ3n) is 2.64. The van der Waals surface area contributed by atoms with Crippen molar-refractivity contribution in [3.8, 4) is 0 Å². The number of carbonyl (C=O) groups excluding carboxylic acids is 1. The molecule has 0 spiro atoms. The van der Waals surface area contributed by atoms with Crippen LogP contribution in [0.3, 0.4) is 0 Å². The van der Waals surface area contributed by atoms with E-state index < -0.39 is 29.8 Å². The number of benzene rings is 1. The number of hydrogen-bond donors (Lipinski definition) is 0. The Hall–Kier alpha value is -1.21. The lowest BCUT2D eigenvalue weighted by molar-refractivity contribution is -0.123. The Bertz CT molecular complexity index is 636. The molecule has 1 aromatic rings. The van der Waals surface area contributed by atoms with E-state index in [-0.39, 0.29) is 18.1 Å². The first-order valence-corrected chi connectivity index (χ1v) is 9.90. The molecule has 9 heteroatoms. The normalized spacial score (nSPS) is 12.1. The summed E-state index contributed by atoms with van der Waals surface area (Å²) in [5.41, 5.74) is 0. The average molecular weight is 349 g/mol. The first-order valence-electron chi connectivity index (χ1n) is 6.73. The molecule has 7 nitrogen and oxygen atoms in total. The number of amides is 1. The molecule has 0 aliphatic rings. The van der Waals surface area contributed by atoms with Crippen LogP contribution in [0.15, 0.2) is 35.2 Å². The van der Waals surface area contributed by atoms with Crippen LogP contribution in [0, 0.1) is 0 Å². The van der Waals surface area contributed by atoms with E-state index in [9.17, 15) is 17.8 Å². The Morgan fingerprint density at radius 2 is 1.64 bits per heavy atom. The predicted molar refractivity (Wildman–Crippen MR) is 81.9 cm³/mol. The second-order valence-corrected chi connectivity index (χ2v) is 8.16. The van der Waals surface area contributed by atoms with Gasteiger partial charge in [0.25, 0.3) is 10.0 Å². The summed E-state index contributed by atoms with van der Waals surface area (Å²) >= 11 is 0. The number of hydrogen-bond acceptors (Lipinski definition) is 6. The molecule has 0 N–H and O–H groups in total. The van der Waals surface area contributed by atoms with Crippen LogP contribution in [-0.4, -0.2) is 38.1 Å². The molecule has 0 saturated heterocycles. The quantitative estimate of drug-likeness (QED) is 0.670. The van der Waals surface area contributed by atoms with Crippen LogP contribution in [0.4, 0.5) is 0 Å². The van der Waals surface area contributed by atoms with Crippen molar-refractivity contribution in [1.29, 1.82) is 0 Å². The molecule has 0 saturated carbocycles. The van der Waals surface area contributed by atoms with Gasteiger partial charge in [0.05, 0.1) is 18.1 Å². The fraction of sp³-hybridized carbons (Fsp3) is 0.462. The molecule has 0 bridgehead atoms. The van der Waals surface area contributed by atoms with Crippen LogP contribution in [0.2, 0.25) is 0 Å². The summed E-state index contributed by atoms with van der Waals surface area (Å²) in [4.78, 5) is 11.7. The zero-order valence-corrected chi connectivity index (χ0v) is 14.5. The van der Waals surface area contributed by atoms with Crippen LogP contribution in [0.1, 0.15) is 20.8 Å². The highest BCUT2D eigenvalue weighted by molar-refractivity contribution is 7.90. The molecular formula is C13H20NO6PS. The zero-order chi connectivity index (χ0) is 16.8. The fourth-order valence-corrected chi connectivity index (χ4v) is 5.40. The molecule has 0 unspecified atom stereocenters. The van der Waals surface area contributed by atoms with Gasteiger partial charge in [-0.1, -0.05) is 18.2 Å². The minimum atomic E-state index is -4.12. The molecule has 124 valence electrons. The van der Waals surface area contributed by atoms with Gasteiger partial charge in [0.2, 0.25) is 5.91 Å². The van der Waals surface area contributed by atoms with Gasteiger partial charge in [0, 0.05) is 6.92 Å². The zero-order valence-electron chi connectivity index (χ0n) is 12.8. The van der Waals surface area contributed by atoms with Gasteiger partial charge in [0.1, 0.15) is 6.29 Å². The summed E-state index contributed by atoms with van der Waals surface area (Å²) in [6.45, 7) is 4.45. The summed E-state index contributed by atoms with van der Waals surface area (Å²) in [7, 11) is -7.84. The van der Waals surface area contributed by atoms with Crippen molar-refractivity contribution in [2.75, 3.05) is 19.5 Å². The third kappa shape index (κ3) is 4.64. The molecule has 0 radical (unpaired) electrons. The number of nitrogens with zero attached hydrogens (tertiary/aromatic N) is 1. The van der Waals surface area contributed by atoms with E-state index in [1.807, 2.05) is 0 Å². The van der Waals surface area contributed by atoms with Crippen LogP contribution in [0.5, 0.6) is 0 Å². The second kappa shape index (κ2) is 7.87. The Morgan fingerprint density at radius 3 is 2.05 bits per heavy atom. The van der Waals surface area contributed by atoms with Gasteiger partial charge in [-0.25, -0.2) is 12.7 Å².